The predicted octanol–water partition coefficient (Wildman–Crippen LogP) is 2.43. The Hall–Kier alpha value is -1.65. The van der Waals surface area contributed by atoms with E-state index in [1.165, 1.54) is 20.1 Å². The highest BCUT2D eigenvalue weighted by Crippen LogP contribution is 2.36. The quantitative estimate of drug-likeness (QED) is 0.298. The van der Waals surface area contributed by atoms with Crippen molar-refractivity contribution in [3.63, 3.8) is 0 Å². The van der Waals surface area contributed by atoms with Crippen molar-refractivity contribution < 1.29 is 23.9 Å². The molecule has 0 saturated heterocycles. The maximum atomic E-state index is 11.1. The summed E-state index contributed by atoms with van der Waals surface area (Å²) < 4.78 is 9.81. The molecule has 0 heterocycles. The highest BCUT2D eigenvalue weighted by atomic mass is 16.5. The number of allylic oxidation sites excluding steroid dienone is 1. The summed E-state index contributed by atoms with van der Waals surface area (Å²) >= 11 is 0. The molecule has 1 aliphatic rings. The lowest BCUT2D eigenvalue weighted by Crippen LogP contribution is -2.25. The second-order valence-electron chi connectivity index (χ2n) is 5.40. The van der Waals surface area contributed by atoms with Crippen molar-refractivity contribution in [1.82, 2.24) is 0 Å². The van der Waals surface area contributed by atoms with E-state index in [1.807, 2.05) is 0 Å². The van der Waals surface area contributed by atoms with Gasteiger partial charge in [0.25, 0.3) is 0 Å². The minimum atomic E-state index is -0.346. The van der Waals surface area contributed by atoms with Gasteiger partial charge in [0.1, 0.15) is 12.4 Å². The van der Waals surface area contributed by atoms with Crippen LogP contribution in [0.5, 0.6) is 0 Å². The van der Waals surface area contributed by atoms with Crippen LogP contribution in [0.1, 0.15) is 45.4 Å². The van der Waals surface area contributed by atoms with E-state index in [0.717, 1.165) is 44.8 Å². The molecule has 5 heteroatoms. The van der Waals surface area contributed by atoms with Crippen LogP contribution in [-0.4, -0.2) is 31.4 Å². The summed E-state index contributed by atoms with van der Waals surface area (Å²) in [7, 11) is 1.35. The summed E-state index contributed by atoms with van der Waals surface area (Å²) in [4.78, 5) is 33.1. The fraction of sp³-hybridized carbons (Fsp3) is 0.688. The Labute approximate surface area is 125 Å². The molecular formula is C16H24O5. The molecule has 0 N–H and O–H groups in total. The highest BCUT2D eigenvalue weighted by Gasteiger charge is 2.37. The van der Waals surface area contributed by atoms with Gasteiger partial charge in [-0.3, -0.25) is 4.79 Å². The third kappa shape index (κ3) is 6.10. The molecular weight excluding hydrogens is 272 g/mol. The Balaban J connectivity index is 2.32. The Morgan fingerprint density at radius 2 is 2.00 bits per heavy atom. The lowest BCUT2D eigenvalue weighted by molar-refractivity contribution is -0.148. The molecule has 0 radical (unpaired) electrons. The maximum absolute atomic E-state index is 11.1. The number of carbonyl (C=O) groups is 3. The number of carbonyl (C=O) groups excluding carboxylic acids is 3. The van der Waals surface area contributed by atoms with E-state index in [-0.39, 0.29) is 29.9 Å². The molecule has 0 spiro atoms. The lowest BCUT2D eigenvalue weighted by atomic mass is 9.90. The Kier molecular flexibility index (Phi) is 7.72. The van der Waals surface area contributed by atoms with Gasteiger partial charge < -0.3 is 14.3 Å². The van der Waals surface area contributed by atoms with Crippen LogP contribution in [0.25, 0.3) is 0 Å². The molecule has 3 atom stereocenters. The van der Waals surface area contributed by atoms with Crippen molar-refractivity contribution in [2.75, 3.05) is 7.11 Å². The topological polar surface area (TPSA) is 69.7 Å². The van der Waals surface area contributed by atoms with E-state index in [1.54, 1.807) is 6.08 Å². The van der Waals surface area contributed by atoms with Gasteiger partial charge in [0.2, 0.25) is 0 Å². The lowest BCUT2D eigenvalue weighted by Gasteiger charge is -2.21. The van der Waals surface area contributed by atoms with Crippen LogP contribution in [0.2, 0.25) is 0 Å². The molecule has 5 nitrogen and oxygen atoms in total. The third-order valence-corrected chi connectivity index (χ3v) is 3.92. The summed E-state index contributed by atoms with van der Waals surface area (Å²) in [5.74, 6) is -0.491. The first kappa shape index (κ1) is 17.4. The van der Waals surface area contributed by atoms with E-state index in [2.05, 4.69) is 4.74 Å². The molecule has 0 aromatic rings. The second kappa shape index (κ2) is 9.32. The fourth-order valence-electron chi connectivity index (χ4n) is 2.88. The zero-order valence-electron chi connectivity index (χ0n) is 12.7. The van der Waals surface area contributed by atoms with E-state index < -0.39 is 0 Å². The highest BCUT2D eigenvalue weighted by molar-refractivity contribution is 5.81. The van der Waals surface area contributed by atoms with Crippen LogP contribution in [0.3, 0.4) is 0 Å². The molecule has 0 aromatic carbocycles. The maximum Gasteiger partial charge on any atom is 0.330 e. The summed E-state index contributed by atoms with van der Waals surface area (Å²) in [6.07, 6.45) is 9.20. The van der Waals surface area contributed by atoms with Crippen molar-refractivity contribution in [3.05, 3.63) is 12.2 Å². The minimum absolute atomic E-state index is 0.0000359. The molecule has 1 rings (SSSR count). The number of rotatable bonds is 8. The first-order chi connectivity index (χ1) is 10.1. The first-order valence-electron chi connectivity index (χ1n) is 7.45. The molecule has 1 fully saturated rings. The average Bonchev–Trinajstić information content (AvgIpc) is 2.83. The van der Waals surface area contributed by atoms with Crippen molar-refractivity contribution in [1.29, 1.82) is 0 Å². The molecule has 0 aliphatic heterocycles. The number of esters is 2. The van der Waals surface area contributed by atoms with Crippen LogP contribution in [0.4, 0.5) is 0 Å². The van der Waals surface area contributed by atoms with Crippen LogP contribution in [-0.2, 0) is 23.9 Å². The summed E-state index contributed by atoms with van der Waals surface area (Å²) in [5.41, 5.74) is 0. The summed E-state index contributed by atoms with van der Waals surface area (Å²) in [6, 6.07) is 0. The van der Waals surface area contributed by atoms with Gasteiger partial charge in [-0.25, -0.2) is 4.79 Å². The van der Waals surface area contributed by atoms with Gasteiger partial charge in [-0.15, -0.1) is 0 Å². The zero-order valence-corrected chi connectivity index (χ0v) is 12.7. The summed E-state index contributed by atoms with van der Waals surface area (Å²) in [6.45, 7) is 1.41. The molecule has 118 valence electrons. The number of hydrogen-bond donors (Lipinski definition) is 0. The van der Waals surface area contributed by atoms with Gasteiger partial charge in [0.15, 0.2) is 0 Å². The van der Waals surface area contributed by atoms with Crippen molar-refractivity contribution in [2.24, 2.45) is 11.8 Å². The molecule has 1 aliphatic carbocycles. The van der Waals surface area contributed by atoms with Crippen LogP contribution >= 0.6 is 0 Å². The second-order valence-corrected chi connectivity index (χ2v) is 5.40. The zero-order chi connectivity index (χ0) is 15.7. The number of aldehydes is 1. The molecule has 0 unspecified atom stereocenters. The Morgan fingerprint density at radius 1 is 1.24 bits per heavy atom. The number of unbranched alkanes of at least 4 members (excludes halogenated alkanes) is 2. The van der Waals surface area contributed by atoms with Gasteiger partial charge >= 0.3 is 11.9 Å². The summed E-state index contributed by atoms with van der Waals surface area (Å²) in [5, 5.41) is 0. The van der Waals surface area contributed by atoms with Crippen LogP contribution < -0.4 is 0 Å². The van der Waals surface area contributed by atoms with Gasteiger partial charge in [0.05, 0.1) is 7.11 Å². The smallest absolute Gasteiger partial charge is 0.330 e. The first-order valence-corrected chi connectivity index (χ1v) is 7.45. The molecule has 21 heavy (non-hydrogen) atoms. The third-order valence-electron chi connectivity index (χ3n) is 3.92. The van der Waals surface area contributed by atoms with Crippen LogP contribution in [0.15, 0.2) is 12.2 Å². The van der Waals surface area contributed by atoms with E-state index in [0.29, 0.717) is 0 Å². The van der Waals surface area contributed by atoms with E-state index in [9.17, 15) is 14.4 Å². The van der Waals surface area contributed by atoms with Gasteiger partial charge in [0, 0.05) is 24.8 Å². The number of methoxy groups -OCH3 is 1. The Bertz CT molecular complexity index is 388. The van der Waals surface area contributed by atoms with Crippen LogP contribution in [0, 0.1) is 11.8 Å². The minimum Gasteiger partial charge on any atom is -0.466 e. The molecule has 0 amide bonds. The molecule has 0 aromatic heterocycles. The number of hydrogen-bond acceptors (Lipinski definition) is 5. The van der Waals surface area contributed by atoms with Crippen molar-refractivity contribution in [2.45, 2.75) is 51.6 Å². The standard InChI is InChI=1S/C16H24O5/c1-12(18)21-15-10-9-13(11-17)14(15)7-5-3-4-6-8-16(19)20-2/h6,8,11,13-15H,3-5,7,9-10H2,1-2H3/b8-6+/t13-,14-,15+/m1/s1. The predicted molar refractivity (Wildman–Crippen MR) is 77.5 cm³/mol. The molecule has 1 saturated carbocycles. The van der Waals surface area contributed by atoms with Gasteiger partial charge in [-0.05, 0) is 32.1 Å². The normalized spacial score (nSPS) is 25.0. The van der Waals surface area contributed by atoms with E-state index >= 15 is 0 Å². The SMILES string of the molecule is COC(=O)/C=C/CCCC[C@H]1[C@@H](OC(C)=O)CC[C@@H]1C=O. The van der Waals surface area contributed by atoms with Gasteiger partial charge in [-0.1, -0.05) is 12.5 Å². The fourth-order valence-corrected chi connectivity index (χ4v) is 2.88. The van der Waals surface area contributed by atoms with Crippen molar-refractivity contribution >= 4 is 18.2 Å². The number of ether oxygens (including phenoxy) is 2. The Morgan fingerprint density at radius 3 is 2.62 bits per heavy atom. The van der Waals surface area contributed by atoms with Crippen molar-refractivity contribution in [3.8, 4) is 0 Å². The monoisotopic (exact) mass is 296 g/mol. The average molecular weight is 296 g/mol. The van der Waals surface area contributed by atoms with E-state index in [4.69, 9.17) is 4.74 Å². The van der Waals surface area contributed by atoms with Gasteiger partial charge in [-0.2, -0.15) is 0 Å². The molecule has 0 bridgehead atoms. The largest absolute Gasteiger partial charge is 0.466 e.